The van der Waals surface area contributed by atoms with Gasteiger partial charge in [0.25, 0.3) is 0 Å². The van der Waals surface area contributed by atoms with Crippen molar-refractivity contribution >= 4 is 0 Å². The third-order valence-corrected chi connectivity index (χ3v) is 5.46. The zero-order valence-corrected chi connectivity index (χ0v) is 17.3. The van der Waals surface area contributed by atoms with Crippen LogP contribution < -0.4 is 0 Å². The smallest absolute Gasteiger partial charge is 0.0934 e. The lowest BCUT2D eigenvalue weighted by atomic mass is 10.1. The summed E-state index contributed by atoms with van der Waals surface area (Å²) in [5, 5.41) is 9.01. The number of allylic oxidation sites excluding steroid dienone is 4. The van der Waals surface area contributed by atoms with E-state index in [9.17, 15) is 0 Å². The molecule has 0 radical (unpaired) electrons. The largest absolute Gasteiger partial charge is 0.472 e. The maximum Gasteiger partial charge on any atom is 0.0934 e. The maximum absolute atomic E-state index is 9.01. The van der Waals surface area contributed by atoms with Crippen molar-refractivity contribution in [2.75, 3.05) is 45.9 Å². The second-order valence-corrected chi connectivity index (χ2v) is 7.82. The molecular weight excluding hydrogens is 336 g/mol. The molecule has 1 aliphatic heterocycles. The van der Waals surface area contributed by atoms with Gasteiger partial charge in [-0.15, -0.1) is 0 Å². The molecule has 1 saturated heterocycles. The normalized spacial score (nSPS) is 17.6. The molecule has 0 atom stereocenters. The number of aryl methyl sites for hydroxylation is 1. The van der Waals surface area contributed by atoms with Crippen LogP contribution in [0.25, 0.3) is 0 Å². The first-order chi connectivity index (χ1) is 13.2. The van der Waals surface area contributed by atoms with Gasteiger partial charge in [-0.3, -0.25) is 4.90 Å². The molecule has 1 N–H and O–H groups in total. The first-order valence-corrected chi connectivity index (χ1v) is 10.6. The fourth-order valence-corrected chi connectivity index (χ4v) is 3.63. The molecule has 4 heteroatoms. The summed E-state index contributed by atoms with van der Waals surface area (Å²) >= 11 is 0. The summed E-state index contributed by atoms with van der Waals surface area (Å²) in [5.41, 5.74) is 4.30. The molecule has 1 aliphatic rings. The molecule has 0 saturated carbocycles. The van der Waals surface area contributed by atoms with Crippen molar-refractivity contribution in [1.29, 1.82) is 0 Å². The van der Waals surface area contributed by atoms with E-state index in [1.54, 1.807) is 6.26 Å². The van der Waals surface area contributed by atoms with E-state index >= 15 is 0 Å². The highest BCUT2D eigenvalue weighted by Gasteiger charge is 2.15. The first-order valence-electron chi connectivity index (χ1n) is 10.6. The Bertz CT molecular complexity index is 555. The number of β-amino-alcohol motifs (C(OH)–C–C–N with tert-alkyl or cyclic N) is 1. The Morgan fingerprint density at radius 2 is 1.67 bits per heavy atom. The molecule has 27 heavy (non-hydrogen) atoms. The van der Waals surface area contributed by atoms with Crippen molar-refractivity contribution in [3.63, 3.8) is 0 Å². The van der Waals surface area contributed by atoms with Crippen LogP contribution in [0.5, 0.6) is 0 Å². The number of hydrogen-bond acceptors (Lipinski definition) is 4. The van der Waals surface area contributed by atoms with Crippen LogP contribution in [0.4, 0.5) is 0 Å². The summed E-state index contributed by atoms with van der Waals surface area (Å²) in [6, 6.07) is 2.05. The Balaban J connectivity index is 1.52. The summed E-state index contributed by atoms with van der Waals surface area (Å²) in [6.07, 6.45) is 15.3. The molecular formula is C23H38N2O2. The average molecular weight is 375 g/mol. The summed E-state index contributed by atoms with van der Waals surface area (Å²) < 4.78 is 5.11. The van der Waals surface area contributed by atoms with Gasteiger partial charge in [-0.05, 0) is 70.5 Å². The van der Waals surface area contributed by atoms with Crippen molar-refractivity contribution in [1.82, 2.24) is 9.80 Å². The molecule has 1 aromatic rings. The van der Waals surface area contributed by atoms with Gasteiger partial charge in [0.05, 0.1) is 19.1 Å². The standard InChI is InChI=1S/C23H38N2O2/c1-21(8-4-10-23-11-19-27-20-23)6-3-7-22(2)9-5-12-24-13-15-25(16-14-24)17-18-26/h7-8,11,19-20,26H,3-6,9-10,12-18H2,1-2H3/b21-8+,22-7+. The van der Waals surface area contributed by atoms with E-state index in [0.717, 1.165) is 58.4 Å². The van der Waals surface area contributed by atoms with Gasteiger partial charge in [-0.2, -0.15) is 0 Å². The van der Waals surface area contributed by atoms with Gasteiger partial charge in [0.15, 0.2) is 0 Å². The van der Waals surface area contributed by atoms with Gasteiger partial charge in [0.2, 0.25) is 0 Å². The molecule has 0 bridgehead atoms. The SMILES string of the molecule is C/C(=C\CCc1ccoc1)CC/C=C(\C)CCCN1CCN(CCO)CC1. The van der Waals surface area contributed by atoms with E-state index in [1.165, 1.54) is 36.1 Å². The molecule has 0 amide bonds. The van der Waals surface area contributed by atoms with Gasteiger partial charge >= 0.3 is 0 Å². The number of rotatable bonds is 12. The molecule has 1 aromatic heterocycles. The second-order valence-electron chi connectivity index (χ2n) is 7.82. The number of furan rings is 1. The third-order valence-electron chi connectivity index (χ3n) is 5.46. The lowest BCUT2D eigenvalue weighted by Gasteiger charge is -2.34. The minimum Gasteiger partial charge on any atom is -0.472 e. The predicted molar refractivity (Wildman–Crippen MR) is 113 cm³/mol. The highest BCUT2D eigenvalue weighted by Crippen LogP contribution is 2.13. The lowest BCUT2D eigenvalue weighted by molar-refractivity contribution is 0.112. The van der Waals surface area contributed by atoms with Crippen LogP contribution in [0.1, 0.15) is 51.5 Å². The number of hydrogen-bond donors (Lipinski definition) is 1. The van der Waals surface area contributed by atoms with Crippen LogP contribution in [0.2, 0.25) is 0 Å². The minimum absolute atomic E-state index is 0.281. The Kier molecular flexibility index (Phi) is 10.5. The number of aliphatic hydroxyl groups excluding tert-OH is 1. The van der Waals surface area contributed by atoms with Gasteiger partial charge in [0.1, 0.15) is 0 Å². The van der Waals surface area contributed by atoms with Crippen molar-refractivity contribution in [3.05, 3.63) is 47.5 Å². The molecule has 4 nitrogen and oxygen atoms in total. The van der Waals surface area contributed by atoms with E-state index in [1.807, 2.05) is 12.3 Å². The Labute approximate surface area is 165 Å². The third kappa shape index (κ3) is 9.41. The fraction of sp³-hybridized carbons (Fsp3) is 0.652. The predicted octanol–water partition coefficient (Wildman–Crippen LogP) is 4.28. The second kappa shape index (κ2) is 12.9. The van der Waals surface area contributed by atoms with Crippen molar-refractivity contribution in [2.24, 2.45) is 0 Å². The van der Waals surface area contributed by atoms with E-state index in [4.69, 9.17) is 9.52 Å². The molecule has 2 heterocycles. The van der Waals surface area contributed by atoms with Crippen LogP contribution in [-0.2, 0) is 6.42 Å². The van der Waals surface area contributed by atoms with Crippen LogP contribution in [0, 0.1) is 0 Å². The molecule has 1 fully saturated rings. The summed E-state index contributed by atoms with van der Waals surface area (Å²) in [5.74, 6) is 0. The van der Waals surface area contributed by atoms with Crippen LogP contribution in [0.15, 0.2) is 46.3 Å². The molecule has 0 aromatic carbocycles. The van der Waals surface area contributed by atoms with Gasteiger partial charge in [0, 0.05) is 32.7 Å². The quantitative estimate of drug-likeness (QED) is 0.555. The zero-order chi connectivity index (χ0) is 19.3. The topological polar surface area (TPSA) is 39.9 Å². The summed E-state index contributed by atoms with van der Waals surface area (Å²) in [4.78, 5) is 4.92. The van der Waals surface area contributed by atoms with Crippen LogP contribution >= 0.6 is 0 Å². The summed E-state index contributed by atoms with van der Waals surface area (Å²) in [7, 11) is 0. The Morgan fingerprint density at radius 1 is 1.00 bits per heavy atom. The zero-order valence-electron chi connectivity index (χ0n) is 17.3. The minimum atomic E-state index is 0.281. The van der Waals surface area contributed by atoms with Crippen molar-refractivity contribution in [2.45, 2.75) is 52.4 Å². The number of aliphatic hydroxyl groups is 1. The molecule has 2 rings (SSSR count). The number of nitrogens with zero attached hydrogens (tertiary/aromatic N) is 2. The highest BCUT2D eigenvalue weighted by atomic mass is 16.3. The highest BCUT2D eigenvalue weighted by molar-refractivity contribution is 5.09. The van der Waals surface area contributed by atoms with Gasteiger partial charge in [-0.25, -0.2) is 0 Å². The maximum atomic E-state index is 9.01. The summed E-state index contributed by atoms with van der Waals surface area (Å²) in [6.45, 7) is 11.3. The molecule has 152 valence electrons. The Morgan fingerprint density at radius 3 is 2.33 bits per heavy atom. The Hall–Kier alpha value is -1.36. The first kappa shape index (κ1) is 21.9. The monoisotopic (exact) mass is 374 g/mol. The average Bonchev–Trinajstić information content (AvgIpc) is 3.17. The van der Waals surface area contributed by atoms with Crippen LogP contribution in [0.3, 0.4) is 0 Å². The van der Waals surface area contributed by atoms with E-state index < -0.39 is 0 Å². The fourth-order valence-electron chi connectivity index (χ4n) is 3.63. The number of piperazine rings is 1. The molecule has 0 spiro atoms. The van der Waals surface area contributed by atoms with E-state index in [0.29, 0.717) is 0 Å². The van der Waals surface area contributed by atoms with Gasteiger partial charge in [-0.1, -0.05) is 23.3 Å². The molecule has 0 aliphatic carbocycles. The van der Waals surface area contributed by atoms with E-state index in [2.05, 4.69) is 35.8 Å². The van der Waals surface area contributed by atoms with Crippen LogP contribution in [-0.4, -0.2) is 60.8 Å². The molecule has 0 unspecified atom stereocenters. The lowest BCUT2D eigenvalue weighted by Crippen LogP contribution is -2.47. The van der Waals surface area contributed by atoms with Crippen molar-refractivity contribution in [3.8, 4) is 0 Å². The van der Waals surface area contributed by atoms with E-state index in [-0.39, 0.29) is 6.61 Å². The van der Waals surface area contributed by atoms with Gasteiger partial charge < -0.3 is 14.4 Å². The van der Waals surface area contributed by atoms with Crippen molar-refractivity contribution < 1.29 is 9.52 Å².